The Hall–Kier alpha value is -0.970. The Morgan fingerprint density at radius 3 is 2.95 bits per heavy atom. The number of benzene rings is 1. The zero-order valence-electron chi connectivity index (χ0n) is 12.4. The molecular weight excluding hydrogens is 328 g/mol. The Bertz CT molecular complexity index is 625. The van der Waals surface area contributed by atoms with E-state index in [1.165, 1.54) is 23.8 Å². The number of nitrogens with one attached hydrogen (secondary N) is 1. The van der Waals surface area contributed by atoms with Crippen molar-refractivity contribution in [2.75, 3.05) is 20.3 Å². The van der Waals surface area contributed by atoms with Crippen molar-refractivity contribution in [1.82, 2.24) is 10.3 Å². The predicted molar refractivity (Wildman–Crippen MR) is 89.3 cm³/mol. The van der Waals surface area contributed by atoms with E-state index < -0.39 is 0 Å². The predicted octanol–water partition coefficient (Wildman–Crippen LogP) is 3.90. The summed E-state index contributed by atoms with van der Waals surface area (Å²) >= 11 is 3.60. The molecule has 0 spiro atoms. The lowest BCUT2D eigenvalue weighted by Crippen LogP contribution is -2.24. The molecule has 0 aliphatic heterocycles. The highest BCUT2D eigenvalue weighted by molar-refractivity contribution is 9.10. The summed E-state index contributed by atoms with van der Waals surface area (Å²) in [7, 11) is 1.78. The van der Waals surface area contributed by atoms with Crippen LogP contribution in [0.15, 0.2) is 34.9 Å². The number of halogens is 1. The minimum Gasteiger partial charge on any atom is -0.385 e. The van der Waals surface area contributed by atoms with Gasteiger partial charge in [0.2, 0.25) is 0 Å². The molecule has 1 heterocycles. The van der Waals surface area contributed by atoms with Crippen molar-refractivity contribution in [2.24, 2.45) is 5.41 Å². The second kappa shape index (κ2) is 6.42. The summed E-state index contributed by atoms with van der Waals surface area (Å²) < 4.78 is 6.31. The first kappa shape index (κ1) is 14.9. The second-order valence-electron chi connectivity index (χ2n) is 5.95. The van der Waals surface area contributed by atoms with E-state index >= 15 is 0 Å². The third-order valence-corrected chi connectivity index (χ3v) is 5.10. The molecule has 0 unspecified atom stereocenters. The lowest BCUT2D eigenvalue weighted by Gasteiger charge is -2.16. The molecule has 112 valence electrons. The zero-order chi connectivity index (χ0) is 14.7. The van der Waals surface area contributed by atoms with E-state index in [0.29, 0.717) is 5.41 Å². The monoisotopic (exact) mass is 348 g/mol. The van der Waals surface area contributed by atoms with Crippen molar-refractivity contribution in [1.29, 1.82) is 0 Å². The quantitative estimate of drug-likeness (QED) is 0.823. The van der Waals surface area contributed by atoms with E-state index in [1.54, 1.807) is 7.11 Å². The van der Waals surface area contributed by atoms with Crippen molar-refractivity contribution in [3.8, 4) is 0 Å². The molecule has 0 saturated heterocycles. The van der Waals surface area contributed by atoms with E-state index in [-0.39, 0.29) is 0 Å². The molecule has 1 aliphatic rings. The minimum absolute atomic E-state index is 0.481. The number of aromatic nitrogens is 1. The van der Waals surface area contributed by atoms with Crippen LogP contribution >= 0.6 is 15.9 Å². The summed E-state index contributed by atoms with van der Waals surface area (Å²) in [5.41, 5.74) is 2.83. The minimum atomic E-state index is 0.481. The van der Waals surface area contributed by atoms with Crippen molar-refractivity contribution < 1.29 is 4.74 Å². The first-order valence-corrected chi connectivity index (χ1v) is 8.25. The van der Waals surface area contributed by atoms with Crippen LogP contribution in [0.2, 0.25) is 0 Å². The van der Waals surface area contributed by atoms with Gasteiger partial charge in [0, 0.05) is 42.9 Å². The summed E-state index contributed by atoms with van der Waals surface area (Å²) in [6, 6.07) is 8.35. The highest BCUT2D eigenvalue weighted by Gasteiger charge is 2.41. The van der Waals surface area contributed by atoms with Crippen LogP contribution in [0.4, 0.5) is 0 Å². The molecule has 4 heteroatoms. The molecule has 21 heavy (non-hydrogen) atoms. The van der Waals surface area contributed by atoms with Gasteiger partial charge >= 0.3 is 0 Å². The molecule has 1 aromatic heterocycles. The summed E-state index contributed by atoms with van der Waals surface area (Å²) in [6.07, 6.45) is 5.67. The Balaban J connectivity index is 1.65. The van der Waals surface area contributed by atoms with Crippen LogP contribution in [0, 0.1) is 5.41 Å². The molecule has 1 fully saturated rings. The Labute approximate surface area is 134 Å². The maximum atomic E-state index is 5.21. The summed E-state index contributed by atoms with van der Waals surface area (Å²) in [6.45, 7) is 2.81. The van der Waals surface area contributed by atoms with Crippen molar-refractivity contribution in [3.63, 3.8) is 0 Å². The molecule has 0 amide bonds. The average molecular weight is 349 g/mol. The van der Waals surface area contributed by atoms with E-state index in [9.17, 15) is 0 Å². The number of hydrogen-bond donors (Lipinski definition) is 1. The molecule has 1 aromatic carbocycles. The molecule has 3 rings (SSSR count). The van der Waals surface area contributed by atoms with Gasteiger partial charge in [-0.1, -0.05) is 28.1 Å². The van der Waals surface area contributed by atoms with Crippen LogP contribution in [-0.4, -0.2) is 25.2 Å². The van der Waals surface area contributed by atoms with Gasteiger partial charge in [0.1, 0.15) is 0 Å². The number of methoxy groups -OCH3 is 1. The smallest absolute Gasteiger partial charge is 0.0758 e. The molecule has 2 aromatic rings. The number of nitrogens with zero attached hydrogens (tertiary/aromatic N) is 1. The van der Waals surface area contributed by atoms with Crippen molar-refractivity contribution in [2.45, 2.75) is 25.8 Å². The van der Waals surface area contributed by atoms with Crippen LogP contribution in [0.3, 0.4) is 0 Å². The summed E-state index contributed by atoms with van der Waals surface area (Å²) in [5, 5.41) is 4.79. The number of rotatable bonds is 7. The van der Waals surface area contributed by atoms with Gasteiger partial charge in [0.25, 0.3) is 0 Å². The first-order chi connectivity index (χ1) is 10.2. The molecule has 0 bridgehead atoms. The largest absolute Gasteiger partial charge is 0.385 e. The second-order valence-corrected chi connectivity index (χ2v) is 6.81. The van der Waals surface area contributed by atoms with E-state index in [0.717, 1.165) is 36.1 Å². The van der Waals surface area contributed by atoms with E-state index in [1.807, 2.05) is 12.3 Å². The third-order valence-electron chi connectivity index (χ3n) is 4.41. The van der Waals surface area contributed by atoms with Crippen LogP contribution in [0.5, 0.6) is 0 Å². The fourth-order valence-electron chi connectivity index (χ4n) is 2.81. The molecule has 0 atom stereocenters. The Morgan fingerprint density at radius 2 is 2.19 bits per heavy atom. The van der Waals surface area contributed by atoms with Gasteiger partial charge in [-0.3, -0.25) is 4.98 Å². The highest BCUT2D eigenvalue weighted by atomic mass is 79.9. The van der Waals surface area contributed by atoms with Gasteiger partial charge in [0.05, 0.1) is 5.52 Å². The van der Waals surface area contributed by atoms with Crippen LogP contribution in [-0.2, 0) is 11.3 Å². The third kappa shape index (κ3) is 3.44. The average Bonchev–Trinajstić information content (AvgIpc) is 3.28. The van der Waals surface area contributed by atoms with Crippen LogP contribution < -0.4 is 5.32 Å². The SMILES string of the molecule is COCCC1(CNCc2ccc(Br)c3cccnc23)CC1. The molecule has 1 saturated carbocycles. The van der Waals surface area contributed by atoms with Crippen LogP contribution in [0.25, 0.3) is 10.9 Å². The van der Waals surface area contributed by atoms with Gasteiger partial charge in [-0.2, -0.15) is 0 Å². The molecule has 1 aliphatic carbocycles. The van der Waals surface area contributed by atoms with Crippen LogP contribution in [0.1, 0.15) is 24.8 Å². The van der Waals surface area contributed by atoms with Gasteiger partial charge in [-0.15, -0.1) is 0 Å². The summed E-state index contributed by atoms with van der Waals surface area (Å²) in [4.78, 5) is 4.53. The van der Waals surface area contributed by atoms with Gasteiger partial charge in [0.15, 0.2) is 0 Å². The highest BCUT2D eigenvalue weighted by Crippen LogP contribution is 2.48. The standard InChI is InChI=1S/C17H21BrN2O/c1-21-10-8-17(6-7-17)12-19-11-13-4-5-15(18)14-3-2-9-20-16(13)14/h2-5,9,19H,6-8,10-12H2,1H3. The normalized spacial score (nSPS) is 16.3. The van der Waals surface area contributed by atoms with Gasteiger partial charge < -0.3 is 10.1 Å². The molecule has 1 N–H and O–H groups in total. The van der Waals surface area contributed by atoms with E-state index in [2.05, 4.69) is 44.4 Å². The first-order valence-electron chi connectivity index (χ1n) is 7.46. The Morgan fingerprint density at radius 1 is 1.33 bits per heavy atom. The van der Waals surface area contributed by atoms with Gasteiger partial charge in [-0.05, 0) is 42.4 Å². The zero-order valence-corrected chi connectivity index (χ0v) is 13.9. The lowest BCUT2D eigenvalue weighted by atomic mass is 10.0. The fraction of sp³-hybridized carbons (Fsp3) is 0.471. The Kier molecular flexibility index (Phi) is 4.57. The number of fused-ring (bicyclic) bond motifs is 1. The maximum absolute atomic E-state index is 5.21. The molecule has 0 radical (unpaired) electrons. The van der Waals surface area contributed by atoms with E-state index in [4.69, 9.17) is 4.74 Å². The maximum Gasteiger partial charge on any atom is 0.0758 e. The van der Waals surface area contributed by atoms with Crippen molar-refractivity contribution in [3.05, 3.63) is 40.5 Å². The molecule has 3 nitrogen and oxygen atoms in total. The number of ether oxygens (including phenoxy) is 1. The topological polar surface area (TPSA) is 34.1 Å². The van der Waals surface area contributed by atoms with Gasteiger partial charge in [-0.25, -0.2) is 0 Å². The fourth-order valence-corrected chi connectivity index (χ4v) is 3.26. The molecular formula is C17H21BrN2O. The van der Waals surface area contributed by atoms with Crippen molar-refractivity contribution >= 4 is 26.8 Å². The number of hydrogen-bond acceptors (Lipinski definition) is 3. The lowest BCUT2D eigenvalue weighted by molar-refractivity contribution is 0.171. The summed E-state index contributed by atoms with van der Waals surface area (Å²) in [5.74, 6) is 0. The number of pyridine rings is 1.